The largest absolute Gasteiger partial charge is 0.349 e. The van der Waals surface area contributed by atoms with Gasteiger partial charge in [0.25, 0.3) is 11.8 Å². The highest BCUT2D eigenvalue weighted by Crippen LogP contribution is 2.38. The Hall–Kier alpha value is -3.45. The number of nitrogens with one attached hydrogen (secondary N) is 1. The van der Waals surface area contributed by atoms with Gasteiger partial charge >= 0.3 is 0 Å². The third-order valence-electron chi connectivity index (χ3n) is 5.55. The Morgan fingerprint density at radius 3 is 2.39 bits per heavy atom. The summed E-state index contributed by atoms with van der Waals surface area (Å²) < 4.78 is 26.9. The number of fused-ring (bicyclic) bond motifs is 2. The minimum Gasteiger partial charge on any atom is -0.349 e. The number of benzene rings is 3. The maximum Gasteiger partial charge on any atom is 0.259 e. The van der Waals surface area contributed by atoms with Crippen molar-refractivity contribution >= 4 is 27.3 Å². The molecule has 0 atom stereocenters. The predicted molar refractivity (Wildman–Crippen MR) is 116 cm³/mol. The van der Waals surface area contributed by atoms with E-state index in [1.54, 1.807) is 12.1 Å². The van der Waals surface area contributed by atoms with Crippen LogP contribution < -0.4 is 10.2 Å². The SMILES string of the molecule is O=C(NC1CC1)c1ccc2c(c1)N(Cc1ccccc1)C(=O)c1ccccc1S2(=O)=O. The molecule has 1 saturated carbocycles. The van der Waals surface area contributed by atoms with Gasteiger partial charge < -0.3 is 10.2 Å². The normalized spacial score (nSPS) is 16.8. The second-order valence-electron chi connectivity index (χ2n) is 7.81. The van der Waals surface area contributed by atoms with Gasteiger partial charge in [-0.2, -0.15) is 0 Å². The molecule has 2 amide bonds. The molecule has 0 saturated heterocycles. The first-order valence-electron chi connectivity index (χ1n) is 10.1. The number of carbonyl (C=O) groups is 2. The van der Waals surface area contributed by atoms with Gasteiger partial charge in [0.2, 0.25) is 9.84 Å². The van der Waals surface area contributed by atoms with Crippen LogP contribution in [0.15, 0.2) is 82.6 Å². The highest BCUT2D eigenvalue weighted by molar-refractivity contribution is 7.91. The third kappa shape index (κ3) is 3.51. The summed E-state index contributed by atoms with van der Waals surface area (Å²) >= 11 is 0. The molecule has 6 nitrogen and oxygen atoms in total. The molecule has 1 aliphatic carbocycles. The fourth-order valence-corrected chi connectivity index (χ4v) is 5.40. The zero-order chi connectivity index (χ0) is 21.6. The lowest BCUT2D eigenvalue weighted by atomic mass is 10.1. The van der Waals surface area contributed by atoms with E-state index in [1.165, 1.54) is 35.2 Å². The van der Waals surface area contributed by atoms with Crippen LogP contribution >= 0.6 is 0 Å². The van der Waals surface area contributed by atoms with E-state index < -0.39 is 15.7 Å². The summed E-state index contributed by atoms with van der Waals surface area (Å²) in [6.07, 6.45) is 1.89. The first-order valence-corrected chi connectivity index (χ1v) is 11.6. The molecule has 2 aliphatic rings. The van der Waals surface area contributed by atoms with Gasteiger partial charge in [0, 0.05) is 11.6 Å². The average molecular weight is 433 g/mol. The summed E-state index contributed by atoms with van der Waals surface area (Å²) in [4.78, 5) is 27.6. The highest BCUT2D eigenvalue weighted by Gasteiger charge is 2.36. The Bertz CT molecular complexity index is 1300. The van der Waals surface area contributed by atoms with E-state index in [2.05, 4.69) is 5.32 Å². The Morgan fingerprint density at radius 1 is 0.935 bits per heavy atom. The Kier molecular flexibility index (Phi) is 4.63. The summed E-state index contributed by atoms with van der Waals surface area (Å²) in [6, 6.07) is 20.2. The lowest BCUT2D eigenvalue weighted by Gasteiger charge is -2.23. The minimum atomic E-state index is -3.94. The molecule has 5 rings (SSSR count). The number of carbonyl (C=O) groups excluding carboxylic acids is 2. The molecular formula is C24H20N2O4S. The molecule has 1 heterocycles. The van der Waals surface area contributed by atoms with E-state index in [-0.39, 0.29) is 39.5 Å². The molecule has 3 aromatic carbocycles. The summed E-state index contributed by atoms with van der Waals surface area (Å²) in [5.41, 5.74) is 1.52. The van der Waals surface area contributed by atoms with Gasteiger partial charge in [-0.15, -0.1) is 0 Å². The molecule has 7 heteroatoms. The molecule has 0 aromatic heterocycles. The standard InChI is InChI=1S/C24H20N2O4S/c27-23(25-18-11-12-18)17-10-13-22-20(14-17)26(15-16-6-2-1-3-7-16)24(28)19-8-4-5-9-21(19)31(22,29)30/h1-10,13-14,18H,11-12,15H2,(H,25,27). The van der Waals surface area contributed by atoms with Crippen molar-refractivity contribution in [2.45, 2.75) is 35.2 Å². The number of rotatable bonds is 4. The number of anilines is 1. The summed E-state index contributed by atoms with van der Waals surface area (Å²) in [5, 5.41) is 2.91. The van der Waals surface area contributed by atoms with Gasteiger partial charge in [-0.1, -0.05) is 42.5 Å². The Balaban J connectivity index is 1.69. The summed E-state index contributed by atoms with van der Waals surface area (Å²) in [7, 11) is -3.94. The van der Waals surface area contributed by atoms with Crippen LogP contribution in [0.25, 0.3) is 0 Å². The maximum atomic E-state index is 13.5. The van der Waals surface area contributed by atoms with Gasteiger partial charge in [-0.25, -0.2) is 8.42 Å². The van der Waals surface area contributed by atoms with Crippen molar-refractivity contribution < 1.29 is 18.0 Å². The summed E-state index contributed by atoms with van der Waals surface area (Å²) in [5.74, 6) is -0.682. The first kappa shape index (κ1) is 19.5. The number of hydrogen-bond acceptors (Lipinski definition) is 4. The van der Waals surface area contributed by atoms with Crippen LogP contribution in [0.1, 0.15) is 39.1 Å². The molecule has 156 valence electrons. The van der Waals surface area contributed by atoms with Crippen LogP contribution in [0.2, 0.25) is 0 Å². The smallest absolute Gasteiger partial charge is 0.259 e. The first-order chi connectivity index (χ1) is 14.9. The quantitative estimate of drug-likeness (QED) is 0.683. The zero-order valence-electron chi connectivity index (χ0n) is 16.6. The molecular weight excluding hydrogens is 412 g/mol. The van der Waals surface area contributed by atoms with Crippen LogP contribution in [0.3, 0.4) is 0 Å². The Morgan fingerprint density at radius 2 is 1.65 bits per heavy atom. The number of amides is 2. The van der Waals surface area contributed by atoms with Crippen molar-refractivity contribution in [1.29, 1.82) is 0 Å². The second-order valence-corrected chi connectivity index (χ2v) is 9.69. The van der Waals surface area contributed by atoms with Crippen LogP contribution in [0, 0.1) is 0 Å². The molecule has 0 spiro atoms. The molecule has 0 bridgehead atoms. The van der Waals surface area contributed by atoms with Crippen molar-refractivity contribution in [3.05, 3.63) is 89.5 Å². The number of nitrogens with zero attached hydrogens (tertiary/aromatic N) is 1. The van der Waals surface area contributed by atoms with Crippen molar-refractivity contribution in [1.82, 2.24) is 5.32 Å². The second kappa shape index (κ2) is 7.35. The molecule has 0 unspecified atom stereocenters. The average Bonchev–Trinajstić information content (AvgIpc) is 3.61. The van der Waals surface area contributed by atoms with E-state index >= 15 is 0 Å². The van der Waals surface area contributed by atoms with E-state index in [1.807, 2.05) is 30.3 Å². The van der Waals surface area contributed by atoms with E-state index in [0.29, 0.717) is 5.56 Å². The monoisotopic (exact) mass is 432 g/mol. The van der Waals surface area contributed by atoms with Crippen molar-refractivity contribution in [3.8, 4) is 0 Å². The molecule has 3 aromatic rings. The van der Waals surface area contributed by atoms with Crippen molar-refractivity contribution in [3.63, 3.8) is 0 Å². The Labute approximate surface area is 180 Å². The van der Waals surface area contributed by atoms with Gasteiger partial charge in [-0.05, 0) is 48.7 Å². The minimum absolute atomic E-state index is 0.0182. The van der Waals surface area contributed by atoms with E-state index in [0.717, 1.165) is 18.4 Å². The molecule has 0 radical (unpaired) electrons. The predicted octanol–water partition coefficient (Wildman–Crippen LogP) is 3.57. The zero-order valence-corrected chi connectivity index (χ0v) is 17.4. The lowest BCUT2D eigenvalue weighted by molar-refractivity contribution is 0.0947. The molecule has 1 N–H and O–H groups in total. The van der Waals surface area contributed by atoms with E-state index in [4.69, 9.17) is 0 Å². The van der Waals surface area contributed by atoms with Gasteiger partial charge in [0.05, 0.1) is 27.6 Å². The van der Waals surface area contributed by atoms with Gasteiger partial charge in [0.1, 0.15) is 0 Å². The molecule has 1 fully saturated rings. The van der Waals surface area contributed by atoms with E-state index in [9.17, 15) is 18.0 Å². The summed E-state index contributed by atoms with van der Waals surface area (Å²) in [6.45, 7) is 0.185. The van der Waals surface area contributed by atoms with Gasteiger partial charge in [0.15, 0.2) is 0 Å². The number of sulfone groups is 1. The van der Waals surface area contributed by atoms with Crippen LogP contribution in [-0.4, -0.2) is 26.3 Å². The number of hydrogen-bond donors (Lipinski definition) is 1. The fraction of sp³-hybridized carbons (Fsp3) is 0.167. The van der Waals surface area contributed by atoms with Gasteiger partial charge in [-0.3, -0.25) is 9.59 Å². The van der Waals surface area contributed by atoms with Crippen LogP contribution in [0.5, 0.6) is 0 Å². The fourth-order valence-electron chi connectivity index (χ4n) is 3.77. The van der Waals surface area contributed by atoms with Crippen LogP contribution in [0.4, 0.5) is 5.69 Å². The molecule has 31 heavy (non-hydrogen) atoms. The highest BCUT2D eigenvalue weighted by atomic mass is 32.2. The van der Waals surface area contributed by atoms with Crippen molar-refractivity contribution in [2.75, 3.05) is 4.90 Å². The lowest BCUT2D eigenvalue weighted by Crippen LogP contribution is -2.31. The van der Waals surface area contributed by atoms with Crippen molar-refractivity contribution in [2.24, 2.45) is 0 Å². The third-order valence-corrected chi connectivity index (χ3v) is 7.41. The maximum absolute atomic E-state index is 13.5. The van der Waals surface area contributed by atoms with Crippen LogP contribution in [-0.2, 0) is 16.4 Å². The topological polar surface area (TPSA) is 83.6 Å². The molecule has 1 aliphatic heterocycles.